The second kappa shape index (κ2) is 8.30. The maximum Gasteiger partial charge on any atom is 0.225 e. The zero-order chi connectivity index (χ0) is 14.3. The van der Waals surface area contributed by atoms with Crippen LogP contribution in [-0.4, -0.2) is 29.1 Å². The molecular weight excluding hydrogens is 284 g/mol. The van der Waals surface area contributed by atoms with Gasteiger partial charge in [-0.05, 0) is 29.9 Å². The number of halogens is 1. The van der Waals surface area contributed by atoms with Gasteiger partial charge in [-0.15, -0.1) is 0 Å². The summed E-state index contributed by atoms with van der Waals surface area (Å²) in [6, 6.07) is 5.02. The van der Waals surface area contributed by atoms with Crippen LogP contribution in [0.4, 0.5) is 11.4 Å². The van der Waals surface area contributed by atoms with E-state index in [0.717, 1.165) is 11.5 Å². The molecule has 1 aromatic carbocycles. The molecular formula is C13H19ClN2O2S. The van der Waals surface area contributed by atoms with Crippen molar-refractivity contribution in [2.45, 2.75) is 13.3 Å². The van der Waals surface area contributed by atoms with Gasteiger partial charge in [0.15, 0.2) is 0 Å². The van der Waals surface area contributed by atoms with Crippen molar-refractivity contribution in [3.8, 4) is 0 Å². The van der Waals surface area contributed by atoms with Gasteiger partial charge in [0.25, 0.3) is 0 Å². The number of hydrogen-bond acceptors (Lipinski definition) is 4. The molecule has 0 spiro atoms. The molecule has 4 N–H and O–H groups in total. The molecule has 0 heterocycles. The Morgan fingerprint density at radius 2 is 2.32 bits per heavy atom. The zero-order valence-corrected chi connectivity index (χ0v) is 12.4. The third kappa shape index (κ3) is 6.18. The van der Waals surface area contributed by atoms with Crippen LogP contribution in [0.25, 0.3) is 0 Å². The van der Waals surface area contributed by atoms with Gasteiger partial charge in [-0.2, -0.15) is 11.8 Å². The molecule has 0 radical (unpaired) electrons. The van der Waals surface area contributed by atoms with Gasteiger partial charge in [0.1, 0.15) is 0 Å². The molecule has 1 aromatic rings. The second-order valence-electron chi connectivity index (χ2n) is 4.40. The minimum absolute atomic E-state index is 0.0501. The van der Waals surface area contributed by atoms with Crippen molar-refractivity contribution in [1.82, 2.24) is 0 Å². The largest absolute Gasteiger partial charge is 0.397 e. The van der Waals surface area contributed by atoms with Crippen molar-refractivity contribution in [2.24, 2.45) is 5.92 Å². The first-order valence-corrected chi connectivity index (χ1v) is 7.59. The van der Waals surface area contributed by atoms with Crippen molar-refractivity contribution in [1.29, 1.82) is 0 Å². The predicted octanol–water partition coefficient (Wildman–Crippen LogP) is 2.61. The second-order valence-corrected chi connectivity index (χ2v) is 5.95. The highest BCUT2D eigenvalue weighted by Crippen LogP contribution is 2.22. The Morgan fingerprint density at radius 3 is 2.95 bits per heavy atom. The molecule has 1 rings (SSSR count). The zero-order valence-electron chi connectivity index (χ0n) is 10.9. The standard InChI is InChI=1S/C13H19ClN2O2S/c1-9(7-17)8-19-5-4-13(18)16-10-2-3-11(14)12(15)6-10/h2-3,6,9,17H,4-5,7-8,15H2,1H3,(H,16,18). The Bertz CT molecular complexity index is 429. The van der Waals surface area contributed by atoms with E-state index < -0.39 is 0 Å². The number of amides is 1. The molecule has 0 aromatic heterocycles. The first-order chi connectivity index (χ1) is 9.02. The van der Waals surface area contributed by atoms with Gasteiger partial charge >= 0.3 is 0 Å². The Hall–Kier alpha value is -0.910. The number of carbonyl (C=O) groups is 1. The maximum absolute atomic E-state index is 11.7. The number of anilines is 2. The van der Waals surface area contributed by atoms with E-state index in [0.29, 0.717) is 22.8 Å². The number of benzene rings is 1. The monoisotopic (exact) mass is 302 g/mol. The summed E-state index contributed by atoms with van der Waals surface area (Å²) in [4.78, 5) is 11.7. The lowest BCUT2D eigenvalue weighted by Crippen LogP contribution is -2.13. The Morgan fingerprint density at radius 1 is 1.58 bits per heavy atom. The van der Waals surface area contributed by atoms with Gasteiger partial charge in [-0.3, -0.25) is 4.79 Å². The van der Waals surface area contributed by atoms with E-state index in [1.54, 1.807) is 30.0 Å². The fraction of sp³-hybridized carbons (Fsp3) is 0.462. The molecule has 0 fully saturated rings. The van der Waals surface area contributed by atoms with E-state index >= 15 is 0 Å². The lowest BCUT2D eigenvalue weighted by molar-refractivity contribution is -0.115. The van der Waals surface area contributed by atoms with Crippen LogP contribution in [0.2, 0.25) is 5.02 Å². The van der Waals surface area contributed by atoms with Crippen LogP contribution in [-0.2, 0) is 4.79 Å². The summed E-state index contributed by atoms with van der Waals surface area (Å²) in [5.74, 6) is 1.81. The molecule has 0 saturated carbocycles. The predicted molar refractivity (Wildman–Crippen MR) is 82.7 cm³/mol. The smallest absolute Gasteiger partial charge is 0.225 e. The lowest BCUT2D eigenvalue weighted by Gasteiger charge is -2.08. The molecule has 0 aliphatic carbocycles. The summed E-state index contributed by atoms with van der Waals surface area (Å²) in [6.45, 7) is 2.16. The van der Waals surface area contributed by atoms with Crippen LogP contribution in [0.15, 0.2) is 18.2 Å². The molecule has 0 aliphatic heterocycles. The molecule has 0 saturated heterocycles. The van der Waals surface area contributed by atoms with Gasteiger partial charge in [0, 0.05) is 24.5 Å². The maximum atomic E-state index is 11.7. The summed E-state index contributed by atoms with van der Waals surface area (Å²) >= 11 is 7.47. The number of nitrogens with two attached hydrogens (primary N) is 1. The minimum atomic E-state index is -0.0501. The van der Waals surface area contributed by atoms with Gasteiger partial charge in [-0.1, -0.05) is 18.5 Å². The first kappa shape index (κ1) is 16.1. The third-order valence-electron chi connectivity index (χ3n) is 2.47. The Balaban J connectivity index is 2.29. The van der Waals surface area contributed by atoms with Crippen molar-refractivity contribution < 1.29 is 9.90 Å². The molecule has 0 aliphatic rings. The van der Waals surface area contributed by atoms with E-state index in [2.05, 4.69) is 5.32 Å². The molecule has 6 heteroatoms. The molecule has 1 unspecified atom stereocenters. The van der Waals surface area contributed by atoms with Crippen molar-refractivity contribution in [2.75, 3.05) is 29.2 Å². The van der Waals surface area contributed by atoms with Crippen molar-refractivity contribution in [3.05, 3.63) is 23.2 Å². The number of aliphatic hydroxyl groups is 1. The van der Waals surface area contributed by atoms with Crippen LogP contribution < -0.4 is 11.1 Å². The first-order valence-electron chi connectivity index (χ1n) is 6.06. The lowest BCUT2D eigenvalue weighted by atomic mass is 10.2. The van der Waals surface area contributed by atoms with E-state index in [4.69, 9.17) is 22.4 Å². The average Bonchev–Trinajstić information content (AvgIpc) is 2.38. The molecule has 106 valence electrons. The Kier molecular flexibility index (Phi) is 7.05. The van der Waals surface area contributed by atoms with Gasteiger partial charge in [0.2, 0.25) is 5.91 Å². The van der Waals surface area contributed by atoms with Crippen LogP contribution in [0.5, 0.6) is 0 Å². The highest BCUT2D eigenvalue weighted by atomic mass is 35.5. The van der Waals surface area contributed by atoms with E-state index in [-0.39, 0.29) is 18.4 Å². The fourth-order valence-corrected chi connectivity index (χ4v) is 2.47. The number of aliphatic hydroxyl groups excluding tert-OH is 1. The minimum Gasteiger partial charge on any atom is -0.397 e. The molecule has 1 atom stereocenters. The van der Waals surface area contributed by atoms with Crippen LogP contribution >= 0.6 is 23.4 Å². The topological polar surface area (TPSA) is 75.3 Å². The van der Waals surface area contributed by atoms with E-state index in [1.807, 2.05) is 6.92 Å². The summed E-state index contributed by atoms with van der Waals surface area (Å²) in [5.41, 5.74) is 6.76. The van der Waals surface area contributed by atoms with Gasteiger partial charge < -0.3 is 16.2 Å². The SMILES string of the molecule is CC(CO)CSCCC(=O)Nc1ccc(Cl)c(N)c1. The summed E-state index contributed by atoms with van der Waals surface area (Å²) in [6.07, 6.45) is 0.436. The molecule has 0 bridgehead atoms. The number of thioether (sulfide) groups is 1. The number of rotatable bonds is 7. The van der Waals surface area contributed by atoms with Crippen LogP contribution in [0.3, 0.4) is 0 Å². The Labute approximate surface area is 122 Å². The number of hydrogen-bond donors (Lipinski definition) is 3. The highest BCUT2D eigenvalue weighted by molar-refractivity contribution is 7.99. The van der Waals surface area contributed by atoms with Gasteiger partial charge in [0.05, 0.1) is 10.7 Å². The summed E-state index contributed by atoms with van der Waals surface area (Å²) < 4.78 is 0. The number of carbonyl (C=O) groups excluding carboxylic acids is 1. The van der Waals surface area contributed by atoms with Crippen LogP contribution in [0.1, 0.15) is 13.3 Å². The van der Waals surface area contributed by atoms with Crippen LogP contribution in [0, 0.1) is 5.92 Å². The normalized spacial score (nSPS) is 12.2. The molecule has 1 amide bonds. The quantitative estimate of drug-likeness (QED) is 0.534. The summed E-state index contributed by atoms with van der Waals surface area (Å²) in [5, 5.41) is 12.1. The van der Waals surface area contributed by atoms with Crippen molar-refractivity contribution in [3.63, 3.8) is 0 Å². The molecule has 4 nitrogen and oxygen atoms in total. The molecule has 19 heavy (non-hydrogen) atoms. The van der Waals surface area contributed by atoms with E-state index in [9.17, 15) is 4.79 Å². The number of nitrogen functional groups attached to an aromatic ring is 1. The summed E-state index contributed by atoms with van der Waals surface area (Å²) in [7, 11) is 0. The highest BCUT2D eigenvalue weighted by Gasteiger charge is 2.05. The van der Waals surface area contributed by atoms with Crippen molar-refractivity contribution >= 4 is 40.6 Å². The van der Waals surface area contributed by atoms with Gasteiger partial charge in [-0.25, -0.2) is 0 Å². The average molecular weight is 303 g/mol. The third-order valence-corrected chi connectivity index (χ3v) is 4.11. The van der Waals surface area contributed by atoms with E-state index in [1.165, 1.54) is 0 Å². The fourth-order valence-electron chi connectivity index (χ4n) is 1.35. The number of nitrogens with one attached hydrogen (secondary N) is 1.